The molecule has 1 N–H and O–H groups in total. The standard InChI is InChI=1S/C18H29NO2/c1-7-9-15-16(19-20-6)13-10-12(8-2)11-14(17(13)21-15)18(3,4)5/h10-11,15-16,19H,7-9H2,1-6H3. The first kappa shape index (κ1) is 16.3. The van der Waals surface area contributed by atoms with Crippen LogP contribution in [-0.4, -0.2) is 13.2 Å². The van der Waals surface area contributed by atoms with Crippen molar-refractivity contribution in [3.8, 4) is 5.75 Å². The van der Waals surface area contributed by atoms with Gasteiger partial charge in [-0.05, 0) is 23.8 Å². The van der Waals surface area contributed by atoms with Crippen LogP contribution in [0.15, 0.2) is 12.1 Å². The molecule has 0 amide bonds. The van der Waals surface area contributed by atoms with Crippen LogP contribution in [0.5, 0.6) is 5.75 Å². The van der Waals surface area contributed by atoms with Crippen molar-refractivity contribution in [1.29, 1.82) is 0 Å². The van der Waals surface area contributed by atoms with Crippen molar-refractivity contribution < 1.29 is 9.57 Å². The van der Waals surface area contributed by atoms with E-state index in [2.05, 4.69) is 52.2 Å². The number of aryl methyl sites for hydroxylation is 1. The van der Waals surface area contributed by atoms with Gasteiger partial charge in [-0.3, -0.25) is 0 Å². The van der Waals surface area contributed by atoms with E-state index in [1.54, 1.807) is 7.11 Å². The third-order valence-electron chi connectivity index (χ3n) is 4.19. The Morgan fingerprint density at radius 3 is 2.48 bits per heavy atom. The topological polar surface area (TPSA) is 30.5 Å². The van der Waals surface area contributed by atoms with E-state index >= 15 is 0 Å². The zero-order valence-corrected chi connectivity index (χ0v) is 14.2. The highest BCUT2D eigenvalue weighted by Gasteiger charge is 2.37. The maximum absolute atomic E-state index is 6.33. The van der Waals surface area contributed by atoms with Crippen LogP contribution in [0.4, 0.5) is 0 Å². The van der Waals surface area contributed by atoms with Gasteiger partial charge in [-0.25, -0.2) is 0 Å². The summed E-state index contributed by atoms with van der Waals surface area (Å²) < 4.78 is 6.33. The molecule has 21 heavy (non-hydrogen) atoms. The van der Waals surface area contributed by atoms with Crippen molar-refractivity contribution in [3.05, 3.63) is 28.8 Å². The van der Waals surface area contributed by atoms with Gasteiger partial charge in [-0.15, -0.1) is 0 Å². The van der Waals surface area contributed by atoms with Crippen LogP contribution in [-0.2, 0) is 16.7 Å². The molecule has 2 unspecified atom stereocenters. The average molecular weight is 291 g/mol. The van der Waals surface area contributed by atoms with Crippen molar-refractivity contribution >= 4 is 0 Å². The number of nitrogens with one attached hydrogen (secondary N) is 1. The van der Waals surface area contributed by atoms with Gasteiger partial charge in [-0.1, -0.05) is 53.2 Å². The normalized spacial score (nSPS) is 21.2. The van der Waals surface area contributed by atoms with Crippen LogP contribution in [0.25, 0.3) is 0 Å². The summed E-state index contributed by atoms with van der Waals surface area (Å²) in [5.41, 5.74) is 7.13. The molecule has 2 rings (SSSR count). The molecule has 1 aromatic carbocycles. The second-order valence-electron chi connectivity index (χ2n) is 6.91. The molecule has 1 aliphatic heterocycles. The van der Waals surface area contributed by atoms with Crippen molar-refractivity contribution in [2.75, 3.05) is 7.11 Å². The minimum absolute atomic E-state index is 0.0774. The fourth-order valence-electron chi connectivity index (χ4n) is 3.03. The molecule has 0 spiro atoms. The molecule has 3 heteroatoms. The summed E-state index contributed by atoms with van der Waals surface area (Å²) in [7, 11) is 1.68. The molecule has 0 fully saturated rings. The SMILES string of the molecule is CCCC1Oc2c(cc(CC)cc2C(C)(C)C)C1NOC. The lowest BCUT2D eigenvalue weighted by atomic mass is 9.83. The fraction of sp³-hybridized carbons (Fsp3) is 0.667. The summed E-state index contributed by atoms with van der Waals surface area (Å²) in [5.74, 6) is 1.06. The lowest BCUT2D eigenvalue weighted by Crippen LogP contribution is -2.30. The van der Waals surface area contributed by atoms with Crippen molar-refractivity contribution in [1.82, 2.24) is 5.48 Å². The van der Waals surface area contributed by atoms with E-state index in [4.69, 9.17) is 9.57 Å². The predicted octanol–water partition coefficient (Wildman–Crippen LogP) is 4.30. The minimum Gasteiger partial charge on any atom is -0.488 e. The summed E-state index contributed by atoms with van der Waals surface area (Å²) >= 11 is 0. The van der Waals surface area contributed by atoms with Gasteiger partial charge in [0.1, 0.15) is 11.9 Å². The van der Waals surface area contributed by atoms with Gasteiger partial charge in [0.25, 0.3) is 0 Å². The Labute approximate surface area is 129 Å². The van der Waals surface area contributed by atoms with Gasteiger partial charge in [0.05, 0.1) is 13.2 Å². The molecule has 0 saturated carbocycles. The van der Waals surface area contributed by atoms with E-state index in [-0.39, 0.29) is 17.6 Å². The largest absolute Gasteiger partial charge is 0.488 e. The number of hydrogen-bond acceptors (Lipinski definition) is 3. The lowest BCUT2D eigenvalue weighted by Gasteiger charge is -2.23. The van der Waals surface area contributed by atoms with Crippen molar-refractivity contribution in [3.63, 3.8) is 0 Å². The number of ether oxygens (including phenoxy) is 1. The first-order valence-corrected chi connectivity index (χ1v) is 8.04. The van der Waals surface area contributed by atoms with Gasteiger partial charge in [0, 0.05) is 11.1 Å². The Morgan fingerprint density at radius 1 is 1.24 bits per heavy atom. The molecule has 118 valence electrons. The second kappa shape index (κ2) is 6.37. The smallest absolute Gasteiger partial charge is 0.128 e. The second-order valence-corrected chi connectivity index (χ2v) is 6.91. The summed E-state index contributed by atoms with van der Waals surface area (Å²) in [4.78, 5) is 5.23. The van der Waals surface area contributed by atoms with Gasteiger partial charge >= 0.3 is 0 Å². The molecule has 3 nitrogen and oxygen atoms in total. The zero-order valence-electron chi connectivity index (χ0n) is 14.2. The molecule has 1 aliphatic rings. The van der Waals surface area contributed by atoms with E-state index in [1.807, 2.05) is 0 Å². The van der Waals surface area contributed by atoms with Gasteiger partial charge in [-0.2, -0.15) is 5.48 Å². The summed E-state index contributed by atoms with van der Waals surface area (Å²) in [6, 6.07) is 4.70. The van der Waals surface area contributed by atoms with E-state index in [0.29, 0.717) is 0 Å². The van der Waals surface area contributed by atoms with Crippen LogP contribution in [0, 0.1) is 0 Å². The lowest BCUT2D eigenvalue weighted by molar-refractivity contribution is 0.0267. The van der Waals surface area contributed by atoms with Gasteiger partial charge in [0.15, 0.2) is 0 Å². The Kier molecular flexibility index (Phi) is 4.95. The van der Waals surface area contributed by atoms with Crippen LogP contribution in [0.1, 0.15) is 70.2 Å². The van der Waals surface area contributed by atoms with E-state index in [9.17, 15) is 0 Å². The zero-order chi connectivity index (χ0) is 15.6. The fourth-order valence-corrected chi connectivity index (χ4v) is 3.03. The molecule has 0 radical (unpaired) electrons. The number of fused-ring (bicyclic) bond motifs is 1. The number of benzene rings is 1. The maximum Gasteiger partial charge on any atom is 0.128 e. The quantitative estimate of drug-likeness (QED) is 0.820. The van der Waals surface area contributed by atoms with Crippen molar-refractivity contribution in [2.24, 2.45) is 0 Å². The third-order valence-corrected chi connectivity index (χ3v) is 4.19. The average Bonchev–Trinajstić information content (AvgIpc) is 2.75. The highest BCUT2D eigenvalue weighted by molar-refractivity contribution is 5.52. The summed E-state index contributed by atoms with van der Waals surface area (Å²) in [6.07, 6.45) is 3.32. The van der Waals surface area contributed by atoms with Crippen LogP contribution >= 0.6 is 0 Å². The molecule has 0 saturated heterocycles. The van der Waals surface area contributed by atoms with Crippen LogP contribution < -0.4 is 10.2 Å². The third kappa shape index (κ3) is 3.24. The van der Waals surface area contributed by atoms with E-state index in [0.717, 1.165) is 25.0 Å². The molecule has 0 bridgehead atoms. The Morgan fingerprint density at radius 2 is 1.95 bits per heavy atom. The molecule has 2 atom stereocenters. The minimum atomic E-state index is 0.0774. The molecule has 1 aromatic rings. The van der Waals surface area contributed by atoms with Gasteiger partial charge < -0.3 is 9.57 Å². The van der Waals surface area contributed by atoms with Crippen LogP contribution in [0.3, 0.4) is 0 Å². The van der Waals surface area contributed by atoms with Crippen molar-refractivity contribution in [2.45, 2.75) is 71.4 Å². The first-order valence-electron chi connectivity index (χ1n) is 8.04. The number of hydrogen-bond donors (Lipinski definition) is 1. The van der Waals surface area contributed by atoms with Crippen LogP contribution in [0.2, 0.25) is 0 Å². The molecule has 0 aliphatic carbocycles. The highest BCUT2D eigenvalue weighted by atomic mass is 16.6. The molecule has 1 heterocycles. The monoisotopic (exact) mass is 291 g/mol. The number of hydroxylamine groups is 1. The Bertz CT molecular complexity index is 491. The molecular formula is C18H29NO2. The molecule has 0 aromatic heterocycles. The summed E-state index contributed by atoms with van der Waals surface area (Å²) in [6.45, 7) is 11.1. The number of rotatable bonds is 5. The maximum atomic E-state index is 6.33. The summed E-state index contributed by atoms with van der Waals surface area (Å²) in [5, 5.41) is 0. The van der Waals surface area contributed by atoms with E-state index in [1.165, 1.54) is 16.7 Å². The highest BCUT2D eigenvalue weighted by Crippen LogP contribution is 2.45. The molecular weight excluding hydrogens is 262 g/mol. The Balaban J connectivity index is 2.52. The Hall–Kier alpha value is -1.06. The van der Waals surface area contributed by atoms with Gasteiger partial charge in [0.2, 0.25) is 0 Å². The first-order chi connectivity index (χ1) is 9.92. The predicted molar refractivity (Wildman–Crippen MR) is 86.7 cm³/mol. The van der Waals surface area contributed by atoms with E-state index < -0.39 is 0 Å².